The minimum absolute atomic E-state index is 0.0958. The highest BCUT2D eigenvalue weighted by molar-refractivity contribution is 7.99. The molecule has 158 valence electrons. The summed E-state index contributed by atoms with van der Waals surface area (Å²) >= 11 is 8.77. The van der Waals surface area contributed by atoms with Gasteiger partial charge >= 0.3 is 11.9 Å². The molecule has 0 atom stereocenters. The third-order valence-corrected chi connectivity index (χ3v) is 6.77. The number of nitrogens with zero attached hydrogens (tertiary/aromatic N) is 2. The molecule has 7 nitrogen and oxygen atoms in total. The van der Waals surface area contributed by atoms with Crippen molar-refractivity contribution in [2.75, 3.05) is 18.1 Å². The summed E-state index contributed by atoms with van der Waals surface area (Å²) in [6.45, 7) is 3.71. The molecule has 10 heteroatoms. The van der Waals surface area contributed by atoms with E-state index in [-0.39, 0.29) is 37.2 Å². The van der Waals surface area contributed by atoms with Crippen molar-refractivity contribution in [2.45, 2.75) is 31.8 Å². The summed E-state index contributed by atoms with van der Waals surface area (Å²) in [5.41, 5.74) is 6.74. The van der Waals surface area contributed by atoms with E-state index in [9.17, 15) is 9.59 Å². The maximum atomic E-state index is 12.1. The standard InChI is InChI=1S/C20H20ClN3O4S2/c1-3-27-20(26)17-11(2)16-18(22)23-14(24-19(16)30-17)10-28-15(25)8-9-29-13-7-5-4-6-12(13)21/h4-7H,3,8-10H2,1-2H3,(H2,22,23,24). The number of ether oxygens (including phenoxy) is 2. The van der Waals surface area contributed by atoms with Crippen LogP contribution in [0.1, 0.15) is 34.4 Å². The van der Waals surface area contributed by atoms with E-state index >= 15 is 0 Å². The van der Waals surface area contributed by atoms with Gasteiger partial charge < -0.3 is 15.2 Å². The van der Waals surface area contributed by atoms with E-state index in [4.69, 9.17) is 26.8 Å². The quantitative estimate of drug-likeness (QED) is 0.379. The van der Waals surface area contributed by atoms with E-state index < -0.39 is 5.97 Å². The number of aromatic nitrogens is 2. The van der Waals surface area contributed by atoms with Crippen molar-refractivity contribution in [1.82, 2.24) is 9.97 Å². The van der Waals surface area contributed by atoms with E-state index in [2.05, 4.69) is 9.97 Å². The SMILES string of the molecule is CCOC(=O)c1sc2nc(COC(=O)CCSc3ccccc3Cl)nc(N)c2c1C. The fourth-order valence-electron chi connectivity index (χ4n) is 2.70. The van der Waals surface area contributed by atoms with Crippen LogP contribution in [0.15, 0.2) is 29.2 Å². The molecule has 0 saturated carbocycles. The molecular weight excluding hydrogens is 446 g/mol. The van der Waals surface area contributed by atoms with Crippen LogP contribution in [0.3, 0.4) is 0 Å². The lowest BCUT2D eigenvalue weighted by Gasteiger charge is -2.06. The number of carbonyl (C=O) groups is 2. The molecule has 0 saturated heterocycles. The Kier molecular flexibility index (Phi) is 7.52. The molecule has 1 aromatic carbocycles. The van der Waals surface area contributed by atoms with Crippen LogP contribution in [0.2, 0.25) is 5.02 Å². The number of anilines is 1. The van der Waals surface area contributed by atoms with Gasteiger partial charge in [-0.3, -0.25) is 4.79 Å². The zero-order valence-electron chi connectivity index (χ0n) is 16.4. The number of benzene rings is 1. The second kappa shape index (κ2) is 10.1. The molecule has 0 unspecified atom stereocenters. The molecule has 3 rings (SSSR count). The van der Waals surface area contributed by atoms with Crippen LogP contribution in [0.25, 0.3) is 10.2 Å². The molecule has 0 aliphatic rings. The summed E-state index contributed by atoms with van der Waals surface area (Å²) in [4.78, 5) is 34.7. The van der Waals surface area contributed by atoms with Crippen LogP contribution in [0.5, 0.6) is 0 Å². The van der Waals surface area contributed by atoms with Crippen LogP contribution in [0, 0.1) is 6.92 Å². The minimum atomic E-state index is -0.415. The number of thioether (sulfide) groups is 1. The summed E-state index contributed by atoms with van der Waals surface area (Å²) in [5, 5.41) is 1.27. The van der Waals surface area contributed by atoms with Gasteiger partial charge in [0.2, 0.25) is 0 Å². The van der Waals surface area contributed by atoms with Gasteiger partial charge in [-0.05, 0) is 31.5 Å². The maximum Gasteiger partial charge on any atom is 0.348 e. The highest BCUT2D eigenvalue weighted by atomic mass is 35.5. The van der Waals surface area contributed by atoms with Gasteiger partial charge in [0.05, 0.1) is 23.4 Å². The number of fused-ring (bicyclic) bond motifs is 1. The number of hydrogen-bond donors (Lipinski definition) is 1. The zero-order valence-corrected chi connectivity index (χ0v) is 18.8. The number of nitrogens with two attached hydrogens (primary N) is 1. The molecule has 0 radical (unpaired) electrons. The number of esters is 2. The highest BCUT2D eigenvalue weighted by Crippen LogP contribution is 2.33. The molecule has 0 bridgehead atoms. The van der Waals surface area contributed by atoms with E-state index in [1.165, 1.54) is 23.1 Å². The molecule has 0 aliphatic heterocycles. The second-order valence-electron chi connectivity index (χ2n) is 6.17. The van der Waals surface area contributed by atoms with Crippen molar-refractivity contribution in [2.24, 2.45) is 0 Å². The first kappa shape index (κ1) is 22.3. The Morgan fingerprint density at radius 1 is 1.23 bits per heavy atom. The van der Waals surface area contributed by atoms with Crippen LogP contribution in [0.4, 0.5) is 5.82 Å². The molecule has 0 amide bonds. The number of carbonyl (C=O) groups excluding carboxylic acids is 2. The molecule has 0 spiro atoms. The normalized spacial score (nSPS) is 10.9. The van der Waals surface area contributed by atoms with Crippen LogP contribution in [-0.4, -0.2) is 34.3 Å². The van der Waals surface area contributed by atoms with Gasteiger partial charge in [-0.2, -0.15) is 0 Å². The molecule has 30 heavy (non-hydrogen) atoms. The lowest BCUT2D eigenvalue weighted by molar-refractivity contribution is -0.144. The van der Waals surface area contributed by atoms with Gasteiger partial charge in [-0.25, -0.2) is 14.8 Å². The van der Waals surface area contributed by atoms with Crippen molar-refractivity contribution in [3.63, 3.8) is 0 Å². The number of rotatable bonds is 8. The van der Waals surface area contributed by atoms with E-state index in [0.717, 1.165) is 4.90 Å². The topological polar surface area (TPSA) is 104 Å². The van der Waals surface area contributed by atoms with Crippen molar-refractivity contribution >= 4 is 62.7 Å². The monoisotopic (exact) mass is 465 g/mol. The number of thiophene rings is 1. The van der Waals surface area contributed by atoms with Gasteiger partial charge in [0, 0.05) is 10.6 Å². The van der Waals surface area contributed by atoms with Crippen LogP contribution < -0.4 is 5.73 Å². The Balaban J connectivity index is 1.61. The predicted molar refractivity (Wildman–Crippen MR) is 119 cm³/mol. The first-order valence-electron chi connectivity index (χ1n) is 9.16. The van der Waals surface area contributed by atoms with Crippen LogP contribution in [-0.2, 0) is 20.9 Å². The third kappa shape index (κ3) is 5.21. The van der Waals surface area contributed by atoms with Gasteiger partial charge in [0.1, 0.15) is 15.5 Å². The highest BCUT2D eigenvalue weighted by Gasteiger charge is 2.20. The first-order valence-corrected chi connectivity index (χ1v) is 11.3. The van der Waals surface area contributed by atoms with Crippen molar-refractivity contribution in [3.8, 4) is 0 Å². The summed E-state index contributed by atoms with van der Waals surface area (Å²) in [6.07, 6.45) is 0.221. The average Bonchev–Trinajstić information content (AvgIpc) is 3.05. The first-order chi connectivity index (χ1) is 14.4. The van der Waals surface area contributed by atoms with Crippen LogP contribution >= 0.6 is 34.7 Å². The van der Waals surface area contributed by atoms with E-state index in [0.29, 0.717) is 31.4 Å². The maximum absolute atomic E-state index is 12.1. The van der Waals surface area contributed by atoms with Gasteiger partial charge in [0.25, 0.3) is 0 Å². The van der Waals surface area contributed by atoms with Crippen molar-refractivity contribution < 1.29 is 19.1 Å². The summed E-state index contributed by atoms with van der Waals surface area (Å²) in [7, 11) is 0. The molecular formula is C20H20ClN3O4S2. The summed E-state index contributed by atoms with van der Waals surface area (Å²) in [6, 6.07) is 7.45. The fourth-order valence-corrected chi connectivity index (χ4v) is 4.97. The molecule has 0 aliphatic carbocycles. The Labute approximate surface area is 186 Å². The Bertz CT molecular complexity index is 1090. The third-order valence-electron chi connectivity index (χ3n) is 4.09. The number of nitrogen functional groups attached to an aromatic ring is 1. The molecule has 2 N–H and O–H groups in total. The molecule has 2 heterocycles. The lowest BCUT2D eigenvalue weighted by Crippen LogP contribution is -2.09. The van der Waals surface area contributed by atoms with Gasteiger partial charge in [-0.1, -0.05) is 23.7 Å². The average molecular weight is 466 g/mol. The van der Waals surface area contributed by atoms with Gasteiger partial charge in [0.15, 0.2) is 12.4 Å². The molecule has 2 aromatic heterocycles. The fraction of sp³-hybridized carbons (Fsp3) is 0.300. The Morgan fingerprint density at radius 2 is 2.00 bits per heavy atom. The van der Waals surface area contributed by atoms with Crippen molar-refractivity contribution in [3.05, 3.63) is 45.6 Å². The smallest absolute Gasteiger partial charge is 0.348 e. The Morgan fingerprint density at radius 3 is 2.73 bits per heavy atom. The molecule has 0 fully saturated rings. The van der Waals surface area contributed by atoms with E-state index in [1.807, 2.05) is 18.2 Å². The minimum Gasteiger partial charge on any atom is -0.462 e. The number of hydrogen-bond acceptors (Lipinski definition) is 9. The van der Waals surface area contributed by atoms with Gasteiger partial charge in [-0.15, -0.1) is 23.1 Å². The zero-order chi connectivity index (χ0) is 21.7. The Hall–Kier alpha value is -2.36. The second-order valence-corrected chi connectivity index (χ2v) is 8.71. The largest absolute Gasteiger partial charge is 0.462 e. The number of aryl methyl sites for hydroxylation is 1. The summed E-state index contributed by atoms with van der Waals surface area (Å²) in [5.74, 6) is 0.277. The molecule has 3 aromatic rings. The lowest BCUT2D eigenvalue weighted by atomic mass is 10.2. The van der Waals surface area contributed by atoms with E-state index in [1.54, 1.807) is 19.9 Å². The number of halogens is 1. The predicted octanol–water partition coefficient (Wildman–Crippen LogP) is 4.64. The van der Waals surface area contributed by atoms with Crippen molar-refractivity contribution in [1.29, 1.82) is 0 Å². The summed E-state index contributed by atoms with van der Waals surface area (Å²) < 4.78 is 10.3.